The van der Waals surface area contributed by atoms with E-state index in [9.17, 15) is 9.59 Å². The van der Waals surface area contributed by atoms with Gasteiger partial charge in [0, 0.05) is 31.6 Å². The SMILES string of the molecule is O=C(Cn1ncc2ccccc2c1=O)NCc1ccccc1CN1CCOCC1. The molecule has 0 spiro atoms. The lowest BCUT2D eigenvalue weighted by Gasteiger charge is -2.27. The Kier molecular flexibility index (Phi) is 5.97. The van der Waals surface area contributed by atoms with Crippen LogP contribution in [0.25, 0.3) is 10.8 Å². The number of aromatic nitrogens is 2. The summed E-state index contributed by atoms with van der Waals surface area (Å²) in [5, 5.41) is 8.37. The zero-order valence-electron chi connectivity index (χ0n) is 16.2. The van der Waals surface area contributed by atoms with Crippen molar-refractivity contribution in [3.63, 3.8) is 0 Å². The molecule has 0 atom stereocenters. The summed E-state index contributed by atoms with van der Waals surface area (Å²) in [5.41, 5.74) is 2.01. The Morgan fingerprint density at radius 3 is 2.59 bits per heavy atom. The van der Waals surface area contributed by atoms with E-state index in [1.54, 1.807) is 18.3 Å². The van der Waals surface area contributed by atoms with Crippen LogP contribution in [0.2, 0.25) is 0 Å². The van der Waals surface area contributed by atoms with Crippen molar-refractivity contribution in [1.29, 1.82) is 0 Å². The largest absolute Gasteiger partial charge is 0.379 e. The standard InChI is InChI=1S/C22H24N4O3/c27-21(16-26-22(28)20-8-4-3-6-18(20)14-24-26)23-13-17-5-1-2-7-19(17)15-25-9-11-29-12-10-25/h1-8,14H,9-13,15-16H2,(H,23,27). The maximum atomic E-state index is 12.5. The molecule has 7 heteroatoms. The minimum atomic E-state index is -0.258. The van der Waals surface area contributed by atoms with Gasteiger partial charge in [-0.15, -0.1) is 0 Å². The first kappa shape index (κ1) is 19.3. The van der Waals surface area contributed by atoms with Crippen molar-refractivity contribution in [3.8, 4) is 0 Å². The van der Waals surface area contributed by atoms with Gasteiger partial charge >= 0.3 is 0 Å². The van der Waals surface area contributed by atoms with E-state index in [1.807, 2.05) is 30.3 Å². The van der Waals surface area contributed by atoms with Gasteiger partial charge in [0.05, 0.1) is 24.8 Å². The van der Waals surface area contributed by atoms with E-state index >= 15 is 0 Å². The van der Waals surface area contributed by atoms with E-state index in [2.05, 4.69) is 21.4 Å². The number of nitrogens with one attached hydrogen (secondary N) is 1. The average Bonchev–Trinajstić information content (AvgIpc) is 2.76. The molecule has 1 saturated heterocycles. The highest BCUT2D eigenvalue weighted by molar-refractivity contribution is 5.81. The second-order valence-corrected chi connectivity index (χ2v) is 7.13. The Morgan fingerprint density at radius 2 is 1.76 bits per heavy atom. The average molecular weight is 392 g/mol. The monoisotopic (exact) mass is 392 g/mol. The van der Waals surface area contributed by atoms with Gasteiger partial charge in [-0.2, -0.15) is 5.10 Å². The third kappa shape index (κ3) is 4.70. The molecule has 1 aromatic heterocycles. The fraction of sp³-hybridized carbons (Fsp3) is 0.318. The van der Waals surface area contributed by atoms with Crippen molar-refractivity contribution in [1.82, 2.24) is 20.0 Å². The predicted octanol–water partition coefficient (Wildman–Crippen LogP) is 1.55. The van der Waals surface area contributed by atoms with Gasteiger partial charge in [-0.1, -0.05) is 42.5 Å². The molecular weight excluding hydrogens is 368 g/mol. The van der Waals surface area contributed by atoms with Crippen molar-refractivity contribution < 1.29 is 9.53 Å². The van der Waals surface area contributed by atoms with Gasteiger partial charge in [0.15, 0.2) is 0 Å². The second kappa shape index (κ2) is 8.98. The molecule has 7 nitrogen and oxygen atoms in total. The van der Waals surface area contributed by atoms with Crippen LogP contribution in [-0.2, 0) is 29.2 Å². The Labute approximate surface area is 168 Å². The molecule has 0 saturated carbocycles. The van der Waals surface area contributed by atoms with Gasteiger partial charge in [0.2, 0.25) is 5.91 Å². The number of hydrogen-bond acceptors (Lipinski definition) is 5. The van der Waals surface area contributed by atoms with Crippen LogP contribution in [0, 0.1) is 0 Å². The molecule has 0 bridgehead atoms. The number of hydrogen-bond donors (Lipinski definition) is 1. The van der Waals surface area contributed by atoms with Crippen molar-refractivity contribution >= 4 is 16.7 Å². The lowest BCUT2D eigenvalue weighted by atomic mass is 10.1. The van der Waals surface area contributed by atoms with Gasteiger partial charge in [-0.05, 0) is 17.2 Å². The molecule has 2 aromatic carbocycles. The van der Waals surface area contributed by atoms with E-state index in [1.165, 1.54) is 10.2 Å². The number of fused-ring (bicyclic) bond motifs is 1. The molecule has 1 aliphatic heterocycles. The van der Waals surface area contributed by atoms with E-state index in [0.29, 0.717) is 11.9 Å². The molecule has 150 valence electrons. The third-order valence-corrected chi connectivity index (χ3v) is 5.15. The number of benzene rings is 2. The minimum Gasteiger partial charge on any atom is -0.379 e. The molecule has 0 aliphatic carbocycles. The minimum absolute atomic E-state index is 0.102. The summed E-state index contributed by atoms with van der Waals surface area (Å²) in [4.78, 5) is 27.3. The summed E-state index contributed by atoms with van der Waals surface area (Å²) in [6.45, 7) is 4.49. The van der Waals surface area contributed by atoms with Crippen LogP contribution in [0.5, 0.6) is 0 Å². The highest BCUT2D eigenvalue weighted by Crippen LogP contribution is 2.13. The first-order chi connectivity index (χ1) is 14.2. The molecule has 0 unspecified atom stereocenters. The van der Waals surface area contributed by atoms with Crippen LogP contribution in [0.1, 0.15) is 11.1 Å². The van der Waals surface area contributed by atoms with Crippen molar-refractivity contribution in [2.75, 3.05) is 26.3 Å². The zero-order valence-corrected chi connectivity index (χ0v) is 16.2. The van der Waals surface area contributed by atoms with E-state index in [4.69, 9.17) is 4.74 Å². The highest BCUT2D eigenvalue weighted by Gasteiger charge is 2.13. The Hall–Kier alpha value is -3.03. The summed E-state index contributed by atoms with van der Waals surface area (Å²) < 4.78 is 6.61. The molecule has 1 N–H and O–H groups in total. The quantitative estimate of drug-likeness (QED) is 0.689. The third-order valence-electron chi connectivity index (χ3n) is 5.15. The first-order valence-corrected chi connectivity index (χ1v) is 9.79. The zero-order chi connectivity index (χ0) is 20.1. The highest BCUT2D eigenvalue weighted by atomic mass is 16.5. The van der Waals surface area contributed by atoms with E-state index in [0.717, 1.165) is 43.8 Å². The normalized spacial score (nSPS) is 14.8. The van der Waals surface area contributed by atoms with Crippen LogP contribution in [0.15, 0.2) is 59.5 Å². The first-order valence-electron chi connectivity index (χ1n) is 9.79. The molecule has 1 aliphatic rings. The maximum absolute atomic E-state index is 12.5. The number of morpholine rings is 1. The van der Waals surface area contributed by atoms with Crippen LogP contribution >= 0.6 is 0 Å². The number of carbonyl (C=O) groups excluding carboxylic acids is 1. The summed E-state index contributed by atoms with van der Waals surface area (Å²) in [6, 6.07) is 15.3. The molecule has 3 aromatic rings. The van der Waals surface area contributed by atoms with Gasteiger partial charge < -0.3 is 10.1 Å². The van der Waals surface area contributed by atoms with Crippen LogP contribution in [0.4, 0.5) is 0 Å². The van der Waals surface area contributed by atoms with Gasteiger partial charge in [0.25, 0.3) is 5.56 Å². The molecule has 2 heterocycles. The topological polar surface area (TPSA) is 76.5 Å². The number of carbonyl (C=O) groups is 1. The van der Waals surface area contributed by atoms with Gasteiger partial charge in [-0.3, -0.25) is 14.5 Å². The molecule has 4 rings (SSSR count). The molecular formula is C22H24N4O3. The van der Waals surface area contributed by atoms with Crippen LogP contribution in [0.3, 0.4) is 0 Å². The van der Waals surface area contributed by atoms with Crippen LogP contribution in [-0.4, -0.2) is 46.9 Å². The van der Waals surface area contributed by atoms with Gasteiger partial charge in [-0.25, -0.2) is 4.68 Å². The number of ether oxygens (including phenoxy) is 1. The van der Waals surface area contributed by atoms with Crippen LogP contribution < -0.4 is 10.9 Å². The Morgan fingerprint density at radius 1 is 1.03 bits per heavy atom. The fourth-order valence-corrected chi connectivity index (χ4v) is 3.51. The number of amides is 1. The number of rotatable bonds is 6. The lowest BCUT2D eigenvalue weighted by molar-refractivity contribution is -0.122. The summed E-state index contributed by atoms with van der Waals surface area (Å²) in [7, 11) is 0. The summed E-state index contributed by atoms with van der Waals surface area (Å²) in [6.07, 6.45) is 1.61. The predicted molar refractivity (Wildman–Crippen MR) is 110 cm³/mol. The van der Waals surface area contributed by atoms with E-state index < -0.39 is 0 Å². The fourth-order valence-electron chi connectivity index (χ4n) is 3.51. The lowest BCUT2D eigenvalue weighted by Crippen LogP contribution is -2.36. The van der Waals surface area contributed by atoms with Crippen molar-refractivity contribution in [2.45, 2.75) is 19.6 Å². The summed E-state index contributed by atoms with van der Waals surface area (Å²) in [5.74, 6) is -0.240. The van der Waals surface area contributed by atoms with Crippen molar-refractivity contribution in [3.05, 3.63) is 76.2 Å². The molecule has 0 radical (unpaired) electrons. The van der Waals surface area contributed by atoms with Crippen molar-refractivity contribution in [2.24, 2.45) is 0 Å². The molecule has 1 amide bonds. The second-order valence-electron chi connectivity index (χ2n) is 7.13. The van der Waals surface area contributed by atoms with E-state index in [-0.39, 0.29) is 18.0 Å². The number of nitrogens with zero attached hydrogens (tertiary/aromatic N) is 3. The molecule has 1 fully saturated rings. The molecule has 29 heavy (non-hydrogen) atoms. The Bertz CT molecular complexity index is 1060. The smallest absolute Gasteiger partial charge is 0.275 e. The van der Waals surface area contributed by atoms with Gasteiger partial charge in [0.1, 0.15) is 6.54 Å². The Balaban J connectivity index is 1.40. The maximum Gasteiger partial charge on any atom is 0.275 e. The summed E-state index contributed by atoms with van der Waals surface area (Å²) >= 11 is 0.